The molecule has 27 heavy (non-hydrogen) atoms. The molecule has 1 aliphatic carbocycles. The van der Waals surface area contributed by atoms with Crippen LogP contribution in [0.1, 0.15) is 71.1 Å². The molecule has 1 N–H and O–H groups in total. The van der Waals surface area contributed by atoms with Crippen molar-refractivity contribution in [3.8, 4) is 0 Å². The monoisotopic (exact) mass is 375 g/mol. The van der Waals surface area contributed by atoms with E-state index in [9.17, 15) is 9.59 Å². The number of nitrogens with zero attached hydrogens (tertiary/aromatic N) is 2. The Morgan fingerprint density at radius 3 is 2.48 bits per heavy atom. The smallest absolute Gasteiger partial charge is 0.237 e. The van der Waals surface area contributed by atoms with Crippen molar-refractivity contribution in [2.75, 3.05) is 32.7 Å². The Labute approximate surface area is 164 Å². The van der Waals surface area contributed by atoms with Gasteiger partial charge in [0.2, 0.25) is 11.8 Å². The normalized spacial score (nSPS) is 23.6. The van der Waals surface area contributed by atoms with E-state index in [0.29, 0.717) is 5.91 Å². The molecule has 1 atom stereocenters. The van der Waals surface area contributed by atoms with Crippen molar-refractivity contribution in [2.24, 2.45) is 5.92 Å². The van der Waals surface area contributed by atoms with E-state index in [2.05, 4.69) is 21.2 Å². The molecule has 3 aliphatic rings. The molecule has 0 bridgehead atoms. The predicted octanol–water partition coefficient (Wildman–Crippen LogP) is 3.11. The average Bonchev–Trinajstić information content (AvgIpc) is 2.74. The molecule has 2 saturated heterocycles. The molecule has 2 heterocycles. The summed E-state index contributed by atoms with van der Waals surface area (Å²) in [6.07, 6.45) is 13.7. The fourth-order valence-electron chi connectivity index (χ4n) is 4.70. The summed E-state index contributed by atoms with van der Waals surface area (Å²) in [7, 11) is 0. The maximum atomic E-state index is 12.7. The van der Waals surface area contributed by atoms with Crippen molar-refractivity contribution < 1.29 is 9.59 Å². The van der Waals surface area contributed by atoms with Gasteiger partial charge in [-0.1, -0.05) is 11.6 Å². The molecule has 0 saturated carbocycles. The van der Waals surface area contributed by atoms with Gasteiger partial charge in [-0.2, -0.15) is 0 Å². The summed E-state index contributed by atoms with van der Waals surface area (Å²) in [4.78, 5) is 29.5. The third kappa shape index (κ3) is 5.81. The van der Waals surface area contributed by atoms with Crippen LogP contribution >= 0.6 is 0 Å². The second kappa shape index (κ2) is 10.3. The zero-order valence-corrected chi connectivity index (χ0v) is 17.0. The van der Waals surface area contributed by atoms with Crippen LogP contribution in [0.15, 0.2) is 11.6 Å². The van der Waals surface area contributed by atoms with Crippen LogP contribution in [-0.4, -0.2) is 60.4 Å². The molecule has 2 amide bonds. The summed E-state index contributed by atoms with van der Waals surface area (Å²) < 4.78 is 0. The minimum atomic E-state index is -0.101. The van der Waals surface area contributed by atoms with Crippen LogP contribution in [0.2, 0.25) is 0 Å². The molecular formula is C22H37N3O2. The number of hydrogen-bond acceptors (Lipinski definition) is 3. The van der Waals surface area contributed by atoms with Gasteiger partial charge in [0.1, 0.15) is 0 Å². The van der Waals surface area contributed by atoms with Gasteiger partial charge < -0.3 is 10.2 Å². The average molecular weight is 376 g/mol. The zero-order chi connectivity index (χ0) is 19.1. The van der Waals surface area contributed by atoms with Crippen molar-refractivity contribution in [1.29, 1.82) is 0 Å². The minimum Gasteiger partial charge on any atom is -0.354 e. The van der Waals surface area contributed by atoms with Crippen LogP contribution in [0.3, 0.4) is 0 Å². The van der Waals surface area contributed by atoms with Gasteiger partial charge in [0.15, 0.2) is 0 Å². The number of nitrogens with one attached hydrogen (secondary N) is 1. The van der Waals surface area contributed by atoms with Crippen LogP contribution in [-0.2, 0) is 9.59 Å². The third-order valence-corrected chi connectivity index (χ3v) is 6.60. The summed E-state index contributed by atoms with van der Waals surface area (Å²) >= 11 is 0. The maximum absolute atomic E-state index is 12.7. The molecule has 2 aliphatic heterocycles. The quantitative estimate of drug-likeness (QED) is 0.726. The van der Waals surface area contributed by atoms with Gasteiger partial charge in [-0.3, -0.25) is 14.5 Å². The molecule has 0 aromatic carbocycles. The Morgan fingerprint density at radius 2 is 1.81 bits per heavy atom. The standard InChI is InChI=1S/C22H37N3O2/c1-18(21(26)23-13-10-19-8-4-2-5-9-19)24-16-11-20(12-17-24)22(27)25-14-6-3-7-15-25/h8,18,20H,2-7,9-17H2,1H3,(H,23,26). The lowest BCUT2D eigenvalue weighted by Gasteiger charge is -2.37. The van der Waals surface area contributed by atoms with Crippen molar-refractivity contribution >= 4 is 11.8 Å². The van der Waals surface area contributed by atoms with E-state index in [1.54, 1.807) is 0 Å². The van der Waals surface area contributed by atoms with Crippen molar-refractivity contribution in [1.82, 2.24) is 15.1 Å². The SMILES string of the molecule is CC(C(=O)NCCC1=CCCCC1)N1CCC(C(=O)N2CCCCC2)CC1. The number of carbonyl (C=O) groups excluding carboxylic acids is 2. The van der Waals surface area contributed by atoms with Crippen molar-refractivity contribution in [3.05, 3.63) is 11.6 Å². The van der Waals surface area contributed by atoms with E-state index in [0.717, 1.165) is 64.8 Å². The van der Waals surface area contributed by atoms with Crippen LogP contribution in [0, 0.1) is 5.92 Å². The van der Waals surface area contributed by atoms with Crippen LogP contribution < -0.4 is 5.32 Å². The highest BCUT2D eigenvalue weighted by Crippen LogP contribution is 2.23. The number of amides is 2. The molecule has 2 fully saturated rings. The topological polar surface area (TPSA) is 52.7 Å². The first-order valence-corrected chi connectivity index (χ1v) is 11.1. The summed E-state index contributed by atoms with van der Waals surface area (Å²) in [5.74, 6) is 0.646. The van der Waals surface area contributed by atoms with Gasteiger partial charge in [0.25, 0.3) is 0 Å². The molecular weight excluding hydrogens is 338 g/mol. The van der Waals surface area contributed by atoms with E-state index in [1.165, 1.54) is 37.7 Å². The molecule has 0 radical (unpaired) electrons. The first-order valence-electron chi connectivity index (χ1n) is 11.1. The fraction of sp³-hybridized carbons (Fsp3) is 0.818. The number of rotatable bonds is 6. The lowest BCUT2D eigenvalue weighted by atomic mass is 9.93. The van der Waals surface area contributed by atoms with E-state index < -0.39 is 0 Å². The number of likely N-dealkylation sites (tertiary alicyclic amines) is 2. The van der Waals surface area contributed by atoms with Crippen LogP contribution in [0.4, 0.5) is 0 Å². The van der Waals surface area contributed by atoms with Crippen LogP contribution in [0.25, 0.3) is 0 Å². The highest BCUT2D eigenvalue weighted by atomic mass is 16.2. The second-order valence-corrected chi connectivity index (χ2v) is 8.52. The molecule has 5 heteroatoms. The highest BCUT2D eigenvalue weighted by Gasteiger charge is 2.32. The van der Waals surface area contributed by atoms with Crippen LogP contribution in [0.5, 0.6) is 0 Å². The van der Waals surface area contributed by atoms with Gasteiger partial charge in [-0.25, -0.2) is 0 Å². The first kappa shape index (κ1) is 20.4. The Balaban J connectivity index is 1.37. The second-order valence-electron chi connectivity index (χ2n) is 8.52. The van der Waals surface area contributed by atoms with Crippen molar-refractivity contribution in [3.63, 3.8) is 0 Å². The Hall–Kier alpha value is -1.36. The van der Waals surface area contributed by atoms with E-state index >= 15 is 0 Å². The van der Waals surface area contributed by atoms with Gasteiger partial charge in [0, 0.05) is 25.6 Å². The largest absolute Gasteiger partial charge is 0.354 e. The van der Waals surface area contributed by atoms with Gasteiger partial charge in [-0.15, -0.1) is 0 Å². The summed E-state index contributed by atoms with van der Waals surface area (Å²) in [5, 5.41) is 3.12. The zero-order valence-electron chi connectivity index (χ0n) is 17.0. The first-order chi connectivity index (χ1) is 13.1. The number of carbonyl (C=O) groups is 2. The number of piperidine rings is 2. The molecule has 5 nitrogen and oxygen atoms in total. The summed E-state index contributed by atoms with van der Waals surface area (Å²) in [6, 6.07) is -0.101. The number of allylic oxidation sites excluding steroid dienone is 1. The summed E-state index contributed by atoms with van der Waals surface area (Å²) in [5.41, 5.74) is 1.51. The van der Waals surface area contributed by atoms with Crippen molar-refractivity contribution in [2.45, 2.75) is 77.2 Å². The van der Waals surface area contributed by atoms with E-state index in [4.69, 9.17) is 0 Å². The van der Waals surface area contributed by atoms with E-state index in [-0.39, 0.29) is 17.9 Å². The maximum Gasteiger partial charge on any atom is 0.237 e. The molecule has 152 valence electrons. The molecule has 1 unspecified atom stereocenters. The lowest BCUT2D eigenvalue weighted by Crippen LogP contribution is -2.50. The predicted molar refractivity (Wildman–Crippen MR) is 108 cm³/mol. The molecule has 0 aromatic rings. The van der Waals surface area contributed by atoms with Gasteiger partial charge in [0.05, 0.1) is 6.04 Å². The van der Waals surface area contributed by atoms with E-state index in [1.807, 2.05) is 6.92 Å². The van der Waals surface area contributed by atoms with Gasteiger partial charge in [-0.05, 0) is 84.2 Å². The lowest BCUT2D eigenvalue weighted by molar-refractivity contribution is -0.138. The van der Waals surface area contributed by atoms with Gasteiger partial charge >= 0.3 is 0 Å². The Bertz CT molecular complexity index is 532. The fourth-order valence-corrected chi connectivity index (χ4v) is 4.70. The highest BCUT2D eigenvalue weighted by molar-refractivity contribution is 5.81. The summed E-state index contributed by atoms with van der Waals surface area (Å²) in [6.45, 7) is 6.33. The third-order valence-electron chi connectivity index (χ3n) is 6.60. The minimum absolute atomic E-state index is 0.101. The molecule has 3 rings (SSSR count). The molecule has 0 aromatic heterocycles. The molecule has 0 spiro atoms. The Morgan fingerprint density at radius 1 is 1.07 bits per heavy atom. The Kier molecular flexibility index (Phi) is 7.74. The number of hydrogen-bond donors (Lipinski definition) is 1.